The van der Waals surface area contributed by atoms with Gasteiger partial charge < -0.3 is 15.0 Å². The number of hydrogen-bond donors (Lipinski definition) is 1. The van der Waals surface area contributed by atoms with Gasteiger partial charge in [-0.15, -0.1) is 0 Å². The summed E-state index contributed by atoms with van der Waals surface area (Å²) in [5.74, 6) is 0.155. The van der Waals surface area contributed by atoms with Gasteiger partial charge in [0.2, 0.25) is 5.88 Å². The highest BCUT2D eigenvalue weighted by Crippen LogP contribution is 2.27. The van der Waals surface area contributed by atoms with Crippen LogP contribution >= 0.6 is 0 Å². The molecule has 0 radical (unpaired) electrons. The summed E-state index contributed by atoms with van der Waals surface area (Å²) in [7, 11) is 0. The summed E-state index contributed by atoms with van der Waals surface area (Å²) >= 11 is 0. The first kappa shape index (κ1) is 16.3. The number of nitrogens with zero attached hydrogens (tertiary/aromatic N) is 2. The van der Waals surface area contributed by atoms with Gasteiger partial charge in [0.1, 0.15) is 5.56 Å². The van der Waals surface area contributed by atoms with Gasteiger partial charge in [-0.3, -0.25) is 4.79 Å². The van der Waals surface area contributed by atoms with Crippen molar-refractivity contribution >= 4 is 17.3 Å². The molecule has 1 aliphatic heterocycles. The van der Waals surface area contributed by atoms with Gasteiger partial charge in [0.25, 0.3) is 5.91 Å². The molecule has 0 unspecified atom stereocenters. The van der Waals surface area contributed by atoms with Crippen molar-refractivity contribution < 1.29 is 9.53 Å². The topological polar surface area (TPSA) is 54.5 Å². The van der Waals surface area contributed by atoms with Crippen molar-refractivity contribution in [3.05, 3.63) is 47.7 Å². The Kier molecular flexibility index (Phi) is 4.99. The normalized spacial score (nSPS) is 13.8. The Balaban J connectivity index is 1.76. The summed E-state index contributed by atoms with van der Waals surface area (Å²) in [5.41, 5.74) is 3.65. The number of ether oxygens (including phenoxy) is 1. The van der Waals surface area contributed by atoms with Gasteiger partial charge >= 0.3 is 0 Å². The van der Waals surface area contributed by atoms with Gasteiger partial charge in [-0.05, 0) is 62.6 Å². The lowest BCUT2D eigenvalue weighted by atomic mass is 10.1. The Labute approximate surface area is 142 Å². The Morgan fingerprint density at radius 1 is 1.29 bits per heavy atom. The summed E-state index contributed by atoms with van der Waals surface area (Å²) in [5, 5.41) is 2.94. The molecule has 1 amide bonds. The van der Waals surface area contributed by atoms with E-state index >= 15 is 0 Å². The van der Waals surface area contributed by atoms with E-state index in [-0.39, 0.29) is 5.91 Å². The van der Waals surface area contributed by atoms with Crippen molar-refractivity contribution in [1.82, 2.24) is 4.98 Å². The lowest BCUT2D eigenvalue weighted by Gasteiger charge is -2.20. The molecule has 1 N–H and O–H groups in total. The molecule has 3 rings (SSSR count). The molecule has 5 heteroatoms. The van der Waals surface area contributed by atoms with Crippen LogP contribution in [-0.4, -0.2) is 30.6 Å². The zero-order chi connectivity index (χ0) is 16.9. The molecule has 1 fully saturated rings. The van der Waals surface area contributed by atoms with Crippen LogP contribution in [0.1, 0.15) is 35.7 Å². The molecule has 0 spiro atoms. The molecule has 1 saturated heterocycles. The number of hydrogen-bond acceptors (Lipinski definition) is 4. The first-order valence-corrected chi connectivity index (χ1v) is 8.44. The summed E-state index contributed by atoms with van der Waals surface area (Å²) in [6, 6.07) is 9.51. The highest BCUT2D eigenvalue weighted by atomic mass is 16.5. The predicted molar refractivity (Wildman–Crippen MR) is 96.0 cm³/mol. The Morgan fingerprint density at radius 2 is 2.08 bits per heavy atom. The molecule has 2 heterocycles. The maximum atomic E-state index is 12.5. The van der Waals surface area contributed by atoms with E-state index in [4.69, 9.17) is 4.74 Å². The van der Waals surface area contributed by atoms with Crippen LogP contribution in [0.5, 0.6) is 5.88 Å². The summed E-state index contributed by atoms with van der Waals surface area (Å²) in [6.45, 7) is 6.65. The number of aryl methyl sites for hydroxylation is 1. The van der Waals surface area contributed by atoms with Crippen LogP contribution in [0.2, 0.25) is 0 Å². The van der Waals surface area contributed by atoms with E-state index in [9.17, 15) is 4.79 Å². The third-order valence-corrected chi connectivity index (χ3v) is 4.20. The number of aromatic nitrogens is 1. The van der Waals surface area contributed by atoms with Crippen molar-refractivity contribution in [2.24, 2.45) is 0 Å². The maximum absolute atomic E-state index is 12.5. The van der Waals surface area contributed by atoms with Crippen molar-refractivity contribution in [2.75, 3.05) is 29.9 Å². The Bertz CT molecular complexity index is 724. The monoisotopic (exact) mass is 325 g/mol. The molecule has 0 atom stereocenters. The van der Waals surface area contributed by atoms with Gasteiger partial charge in [-0.2, -0.15) is 0 Å². The summed E-state index contributed by atoms with van der Waals surface area (Å²) < 4.78 is 5.43. The van der Waals surface area contributed by atoms with Crippen LogP contribution in [0.3, 0.4) is 0 Å². The molecule has 0 aliphatic carbocycles. The van der Waals surface area contributed by atoms with Gasteiger partial charge in [0.05, 0.1) is 6.61 Å². The van der Waals surface area contributed by atoms with E-state index < -0.39 is 0 Å². The number of rotatable bonds is 5. The van der Waals surface area contributed by atoms with Crippen molar-refractivity contribution in [1.29, 1.82) is 0 Å². The molecular weight excluding hydrogens is 302 g/mol. The minimum Gasteiger partial charge on any atom is -0.477 e. The van der Waals surface area contributed by atoms with Crippen LogP contribution in [0.15, 0.2) is 36.5 Å². The van der Waals surface area contributed by atoms with Crippen LogP contribution < -0.4 is 15.0 Å². The summed E-state index contributed by atoms with van der Waals surface area (Å²) in [6.07, 6.45) is 4.12. The molecule has 24 heavy (non-hydrogen) atoms. The zero-order valence-electron chi connectivity index (χ0n) is 14.2. The standard InChI is InChI=1S/C19H23N3O2/c1-3-24-19-16(7-6-10-20-19)18(23)21-15-8-9-17(14(2)13-15)22-11-4-5-12-22/h6-10,13H,3-5,11-12H2,1-2H3,(H,21,23). The van der Waals surface area contributed by atoms with Crippen LogP contribution in [0, 0.1) is 6.92 Å². The number of amides is 1. The fourth-order valence-corrected chi connectivity index (χ4v) is 3.06. The smallest absolute Gasteiger partial charge is 0.261 e. The van der Waals surface area contributed by atoms with Crippen LogP contribution in [0.25, 0.3) is 0 Å². The van der Waals surface area contributed by atoms with E-state index in [1.54, 1.807) is 18.3 Å². The molecule has 1 aromatic heterocycles. The molecule has 0 saturated carbocycles. The largest absolute Gasteiger partial charge is 0.477 e. The van der Waals surface area contributed by atoms with Crippen LogP contribution in [-0.2, 0) is 0 Å². The van der Waals surface area contributed by atoms with E-state index in [1.807, 2.05) is 19.1 Å². The second-order valence-corrected chi connectivity index (χ2v) is 5.94. The SMILES string of the molecule is CCOc1ncccc1C(=O)Nc1ccc(N2CCCC2)c(C)c1. The molecule has 126 valence electrons. The fraction of sp³-hybridized carbons (Fsp3) is 0.368. The van der Waals surface area contributed by atoms with E-state index in [2.05, 4.69) is 28.2 Å². The average molecular weight is 325 g/mol. The highest BCUT2D eigenvalue weighted by Gasteiger charge is 2.16. The van der Waals surface area contributed by atoms with Crippen molar-refractivity contribution in [3.8, 4) is 5.88 Å². The van der Waals surface area contributed by atoms with Crippen LogP contribution in [0.4, 0.5) is 11.4 Å². The van der Waals surface area contributed by atoms with E-state index in [1.165, 1.54) is 24.1 Å². The van der Waals surface area contributed by atoms with Crippen molar-refractivity contribution in [3.63, 3.8) is 0 Å². The lowest BCUT2D eigenvalue weighted by molar-refractivity contribution is 0.102. The third kappa shape index (κ3) is 3.50. The molecule has 1 aromatic carbocycles. The summed E-state index contributed by atoms with van der Waals surface area (Å²) in [4.78, 5) is 19.0. The van der Waals surface area contributed by atoms with Gasteiger partial charge in [0, 0.05) is 30.7 Å². The Hall–Kier alpha value is -2.56. The molecule has 5 nitrogen and oxygen atoms in total. The van der Waals surface area contributed by atoms with Gasteiger partial charge in [0.15, 0.2) is 0 Å². The van der Waals surface area contributed by atoms with E-state index in [0.717, 1.165) is 18.8 Å². The minimum atomic E-state index is -0.208. The second-order valence-electron chi connectivity index (χ2n) is 5.94. The average Bonchev–Trinajstić information content (AvgIpc) is 3.10. The maximum Gasteiger partial charge on any atom is 0.261 e. The number of benzene rings is 1. The Morgan fingerprint density at radius 3 is 2.79 bits per heavy atom. The number of pyridine rings is 1. The van der Waals surface area contributed by atoms with Gasteiger partial charge in [-0.1, -0.05) is 0 Å². The minimum absolute atomic E-state index is 0.208. The third-order valence-electron chi connectivity index (χ3n) is 4.20. The number of nitrogens with one attached hydrogen (secondary N) is 1. The number of carbonyl (C=O) groups excluding carboxylic acids is 1. The number of carbonyl (C=O) groups is 1. The molecular formula is C19H23N3O2. The van der Waals surface area contributed by atoms with E-state index in [0.29, 0.717) is 18.1 Å². The van der Waals surface area contributed by atoms with Gasteiger partial charge in [-0.25, -0.2) is 4.98 Å². The second kappa shape index (κ2) is 7.34. The quantitative estimate of drug-likeness (QED) is 0.912. The molecule has 2 aromatic rings. The zero-order valence-corrected chi connectivity index (χ0v) is 14.2. The fourth-order valence-electron chi connectivity index (χ4n) is 3.06. The predicted octanol–water partition coefficient (Wildman–Crippen LogP) is 3.64. The first-order chi connectivity index (χ1) is 11.7. The number of anilines is 2. The molecule has 1 aliphatic rings. The lowest BCUT2D eigenvalue weighted by Crippen LogP contribution is -2.19. The molecule has 0 bridgehead atoms. The van der Waals surface area contributed by atoms with Crippen molar-refractivity contribution in [2.45, 2.75) is 26.7 Å². The highest BCUT2D eigenvalue weighted by molar-refractivity contribution is 6.05. The first-order valence-electron chi connectivity index (χ1n) is 8.44.